The molecule has 0 aliphatic carbocycles. The number of amides is 1. The number of hydrogen-bond acceptors (Lipinski definition) is 4. The van der Waals surface area contributed by atoms with E-state index in [4.69, 9.17) is 5.73 Å². The Bertz CT molecular complexity index is 635. The fraction of sp³-hybridized carbons (Fsp3) is 0.308. The lowest BCUT2D eigenvalue weighted by Gasteiger charge is -2.16. The molecular formula is C13H16N2O4S. The SMILES string of the molecule is Cc1ccc(S(=O)(=O)N2CC=C(COC(N)=O)C2)cc1. The van der Waals surface area contributed by atoms with Gasteiger partial charge in [-0.15, -0.1) is 0 Å². The molecule has 0 aromatic heterocycles. The lowest BCUT2D eigenvalue weighted by Crippen LogP contribution is -2.29. The number of hydrogen-bond donors (Lipinski definition) is 1. The van der Waals surface area contributed by atoms with Gasteiger partial charge in [0.1, 0.15) is 6.61 Å². The molecule has 2 N–H and O–H groups in total. The number of nitrogens with two attached hydrogens (primary N) is 1. The Morgan fingerprint density at radius 1 is 1.35 bits per heavy atom. The van der Waals surface area contributed by atoms with Crippen LogP contribution in [0.1, 0.15) is 5.56 Å². The van der Waals surface area contributed by atoms with Gasteiger partial charge in [0.2, 0.25) is 10.0 Å². The van der Waals surface area contributed by atoms with E-state index in [-0.39, 0.29) is 24.6 Å². The molecular weight excluding hydrogens is 280 g/mol. The van der Waals surface area contributed by atoms with E-state index in [1.54, 1.807) is 30.3 Å². The zero-order chi connectivity index (χ0) is 14.8. The van der Waals surface area contributed by atoms with Crippen LogP contribution in [0.25, 0.3) is 0 Å². The molecule has 1 aromatic carbocycles. The van der Waals surface area contributed by atoms with Crippen molar-refractivity contribution in [1.29, 1.82) is 0 Å². The van der Waals surface area contributed by atoms with Crippen LogP contribution in [-0.2, 0) is 14.8 Å². The lowest BCUT2D eigenvalue weighted by molar-refractivity contribution is 0.166. The van der Waals surface area contributed by atoms with Gasteiger partial charge in [0.05, 0.1) is 4.90 Å². The van der Waals surface area contributed by atoms with Crippen molar-refractivity contribution in [3.63, 3.8) is 0 Å². The molecule has 6 nitrogen and oxygen atoms in total. The number of carbonyl (C=O) groups is 1. The molecule has 0 fully saturated rings. The van der Waals surface area contributed by atoms with Crippen LogP contribution in [0.2, 0.25) is 0 Å². The highest BCUT2D eigenvalue weighted by molar-refractivity contribution is 7.89. The number of sulfonamides is 1. The third-order valence-corrected chi connectivity index (χ3v) is 4.85. The van der Waals surface area contributed by atoms with Crippen LogP contribution in [0.3, 0.4) is 0 Å². The van der Waals surface area contributed by atoms with Gasteiger partial charge in [-0.1, -0.05) is 23.8 Å². The van der Waals surface area contributed by atoms with E-state index in [1.807, 2.05) is 6.92 Å². The third kappa shape index (κ3) is 3.17. The highest BCUT2D eigenvalue weighted by atomic mass is 32.2. The van der Waals surface area contributed by atoms with E-state index in [9.17, 15) is 13.2 Å². The molecule has 20 heavy (non-hydrogen) atoms. The summed E-state index contributed by atoms with van der Waals surface area (Å²) in [7, 11) is -3.52. The number of primary amides is 1. The van der Waals surface area contributed by atoms with Gasteiger partial charge >= 0.3 is 6.09 Å². The molecule has 0 radical (unpaired) electrons. The standard InChI is InChI=1S/C13H16N2O4S/c1-10-2-4-12(5-3-10)20(17,18)15-7-6-11(8-15)9-19-13(14)16/h2-6H,7-9H2,1H3,(H2,14,16). The van der Waals surface area contributed by atoms with Crippen LogP contribution in [0.4, 0.5) is 4.79 Å². The molecule has 1 amide bonds. The quantitative estimate of drug-likeness (QED) is 0.840. The summed E-state index contributed by atoms with van der Waals surface area (Å²) in [5.74, 6) is 0. The molecule has 0 saturated carbocycles. The van der Waals surface area contributed by atoms with Gasteiger partial charge in [0.25, 0.3) is 0 Å². The van der Waals surface area contributed by atoms with E-state index in [2.05, 4.69) is 4.74 Å². The van der Waals surface area contributed by atoms with Gasteiger partial charge in [-0.25, -0.2) is 13.2 Å². The molecule has 0 saturated heterocycles. The van der Waals surface area contributed by atoms with Gasteiger partial charge in [0.15, 0.2) is 0 Å². The van der Waals surface area contributed by atoms with Crippen LogP contribution in [0, 0.1) is 6.92 Å². The smallest absolute Gasteiger partial charge is 0.404 e. The minimum Gasteiger partial charge on any atom is -0.445 e. The zero-order valence-corrected chi connectivity index (χ0v) is 11.9. The molecule has 1 aliphatic heterocycles. The summed E-state index contributed by atoms with van der Waals surface area (Å²) >= 11 is 0. The second kappa shape index (κ2) is 5.64. The van der Waals surface area contributed by atoms with Crippen molar-refractivity contribution in [2.75, 3.05) is 19.7 Å². The molecule has 0 unspecified atom stereocenters. The van der Waals surface area contributed by atoms with Crippen molar-refractivity contribution in [3.8, 4) is 0 Å². The summed E-state index contributed by atoms with van der Waals surface area (Å²) in [6, 6.07) is 6.69. The highest BCUT2D eigenvalue weighted by Crippen LogP contribution is 2.21. The Hall–Kier alpha value is -1.86. The summed E-state index contributed by atoms with van der Waals surface area (Å²) in [6.45, 7) is 2.40. The van der Waals surface area contributed by atoms with E-state index in [1.165, 1.54) is 4.31 Å². The van der Waals surface area contributed by atoms with Crippen molar-refractivity contribution in [3.05, 3.63) is 41.5 Å². The van der Waals surface area contributed by atoms with Crippen molar-refractivity contribution < 1.29 is 17.9 Å². The zero-order valence-electron chi connectivity index (χ0n) is 11.1. The van der Waals surface area contributed by atoms with Crippen molar-refractivity contribution in [2.45, 2.75) is 11.8 Å². The molecule has 1 aliphatic rings. The Labute approximate surface area is 117 Å². The topological polar surface area (TPSA) is 89.7 Å². The minimum absolute atomic E-state index is 0.0231. The molecule has 1 aromatic rings. The Kier molecular flexibility index (Phi) is 4.10. The van der Waals surface area contributed by atoms with E-state index >= 15 is 0 Å². The van der Waals surface area contributed by atoms with Crippen molar-refractivity contribution >= 4 is 16.1 Å². The Morgan fingerprint density at radius 2 is 2.00 bits per heavy atom. The summed E-state index contributed by atoms with van der Waals surface area (Å²) < 4.78 is 30.8. The predicted molar refractivity (Wildman–Crippen MR) is 73.6 cm³/mol. The highest BCUT2D eigenvalue weighted by Gasteiger charge is 2.28. The van der Waals surface area contributed by atoms with Gasteiger partial charge in [-0.2, -0.15) is 4.31 Å². The number of benzene rings is 1. The molecule has 2 rings (SSSR count). The average molecular weight is 296 g/mol. The number of nitrogens with zero attached hydrogens (tertiary/aromatic N) is 1. The van der Waals surface area contributed by atoms with Crippen LogP contribution in [0.15, 0.2) is 40.8 Å². The first-order chi connectivity index (χ1) is 9.39. The molecule has 0 bridgehead atoms. The first kappa shape index (κ1) is 14.5. The molecule has 7 heteroatoms. The maximum absolute atomic E-state index is 12.4. The van der Waals surface area contributed by atoms with Crippen LogP contribution in [0.5, 0.6) is 0 Å². The van der Waals surface area contributed by atoms with Gasteiger partial charge in [0, 0.05) is 13.1 Å². The van der Waals surface area contributed by atoms with Crippen LogP contribution in [-0.4, -0.2) is 38.5 Å². The largest absolute Gasteiger partial charge is 0.445 e. The van der Waals surface area contributed by atoms with Gasteiger partial charge in [-0.3, -0.25) is 0 Å². The number of aryl methyl sites for hydroxylation is 1. The number of carbonyl (C=O) groups excluding carboxylic acids is 1. The fourth-order valence-corrected chi connectivity index (χ4v) is 3.28. The first-order valence-corrected chi connectivity index (χ1v) is 7.50. The fourth-order valence-electron chi connectivity index (χ4n) is 1.90. The maximum Gasteiger partial charge on any atom is 0.404 e. The monoisotopic (exact) mass is 296 g/mol. The first-order valence-electron chi connectivity index (χ1n) is 6.06. The summed E-state index contributed by atoms with van der Waals surface area (Å²) in [6.07, 6.45) is 0.861. The van der Waals surface area contributed by atoms with E-state index in [0.29, 0.717) is 0 Å². The van der Waals surface area contributed by atoms with E-state index < -0.39 is 16.1 Å². The van der Waals surface area contributed by atoms with Crippen molar-refractivity contribution in [1.82, 2.24) is 4.31 Å². The van der Waals surface area contributed by atoms with Crippen molar-refractivity contribution in [2.24, 2.45) is 5.73 Å². The number of rotatable bonds is 4. The number of ether oxygens (including phenoxy) is 1. The molecule has 0 atom stereocenters. The van der Waals surface area contributed by atoms with E-state index in [0.717, 1.165) is 11.1 Å². The minimum atomic E-state index is -3.52. The lowest BCUT2D eigenvalue weighted by atomic mass is 10.2. The summed E-state index contributed by atoms with van der Waals surface area (Å²) in [4.78, 5) is 10.8. The Morgan fingerprint density at radius 3 is 2.60 bits per heavy atom. The van der Waals surface area contributed by atoms with Crippen LogP contribution >= 0.6 is 0 Å². The van der Waals surface area contributed by atoms with Gasteiger partial charge in [-0.05, 0) is 24.6 Å². The second-order valence-corrected chi connectivity index (χ2v) is 6.52. The third-order valence-electron chi connectivity index (χ3n) is 3.02. The maximum atomic E-state index is 12.4. The summed E-state index contributed by atoms with van der Waals surface area (Å²) in [5.41, 5.74) is 6.60. The molecule has 1 heterocycles. The Balaban J connectivity index is 2.06. The van der Waals surface area contributed by atoms with Gasteiger partial charge < -0.3 is 10.5 Å². The normalized spacial score (nSPS) is 15.9. The summed E-state index contributed by atoms with van der Waals surface area (Å²) in [5, 5.41) is 0. The second-order valence-electron chi connectivity index (χ2n) is 4.58. The molecule has 108 valence electrons. The molecule has 0 spiro atoms. The average Bonchev–Trinajstić information content (AvgIpc) is 2.86. The predicted octanol–water partition coefficient (Wildman–Crippen LogP) is 1.02. The van der Waals surface area contributed by atoms with Crippen LogP contribution < -0.4 is 5.73 Å².